The Balaban J connectivity index is 1.70. The Morgan fingerprint density at radius 3 is 2.61 bits per heavy atom. The number of benzene rings is 1. The van der Waals surface area contributed by atoms with Crippen molar-refractivity contribution in [3.05, 3.63) is 57.6 Å². The van der Waals surface area contributed by atoms with Gasteiger partial charge in [0.1, 0.15) is 5.52 Å². The lowest BCUT2D eigenvalue weighted by Gasteiger charge is -2.35. The molecular formula is C24H26ClN5O. The number of aryl methyl sites for hydroxylation is 1. The van der Waals surface area contributed by atoms with Crippen LogP contribution in [0.3, 0.4) is 0 Å². The van der Waals surface area contributed by atoms with Crippen molar-refractivity contribution in [2.24, 2.45) is 11.8 Å². The van der Waals surface area contributed by atoms with E-state index in [9.17, 15) is 4.79 Å². The maximum atomic E-state index is 13.4. The highest BCUT2D eigenvalue weighted by Crippen LogP contribution is 2.37. The van der Waals surface area contributed by atoms with Crippen LogP contribution in [0.5, 0.6) is 0 Å². The van der Waals surface area contributed by atoms with Gasteiger partial charge in [0.15, 0.2) is 11.2 Å². The maximum absolute atomic E-state index is 13.4. The minimum absolute atomic E-state index is 0.0839. The van der Waals surface area contributed by atoms with Gasteiger partial charge in [0, 0.05) is 17.3 Å². The molecule has 0 amide bonds. The van der Waals surface area contributed by atoms with Gasteiger partial charge in [-0.25, -0.2) is 4.52 Å². The Labute approximate surface area is 185 Å². The molecule has 6 nitrogen and oxygen atoms in total. The Morgan fingerprint density at radius 1 is 1.10 bits per heavy atom. The van der Waals surface area contributed by atoms with E-state index >= 15 is 0 Å². The van der Waals surface area contributed by atoms with Gasteiger partial charge in [-0.3, -0.25) is 4.79 Å². The fourth-order valence-corrected chi connectivity index (χ4v) is 5.10. The molecule has 0 aliphatic heterocycles. The standard InChI is InChI=1S/C24H26ClN5O/c1-4-18-21(16-8-10-17(25)11-9-16)23-27-26-22-20(30(23)28-18)12-13-29(24(22)31)19-7-5-6-14(2)15(19)3/h8-15,19H,4-7H2,1-3H3/t14-,15-,19-/m1/s1. The Morgan fingerprint density at radius 2 is 1.87 bits per heavy atom. The fourth-order valence-electron chi connectivity index (χ4n) is 4.97. The zero-order valence-electron chi connectivity index (χ0n) is 18.0. The van der Waals surface area contributed by atoms with E-state index in [-0.39, 0.29) is 11.6 Å². The van der Waals surface area contributed by atoms with Gasteiger partial charge in [-0.2, -0.15) is 5.10 Å². The molecule has 7 heteroatoms. The molecule has 5 rings (SSSR count). The summed E-state index contributed by atoms with van der Waals surface area (Å²) in [6, 6.07) is 9.81. The van der Waals surface area contributed by atoms with Crippen LogP contribution in [-0.2, 0) is 6.42 Å². The van der Waals surface area contributed by atoms with E-state index in [0.717, 1.165) is 36.1 Å². The van der Waals surface area contributed by atoms with Gasteiger partial charge in [0.2, 0.25) is 0 Å². The van der Waals surface area contributed by atoms with Crippen molar-refractivity contribution in [1.29, 1.82) is 0 Å². The summed E-state index contributed by atoms with van der Waals surface area (Å²) < 4.78 is 3.64. The second-order valence-corrected chi connectivity index (χ2v) is 9.15. The van der Waals surface area contributed by atoms with Crippen LogP contribution in [0.4, 0.5) is 0 Å². The summed E-state index contributed by atoms with van der Waals surface area (Å²) in [4.78, 5) is 13.4. The van der Waals surface area contributed by atoms with Crippen LogP contribution >= 0.6 is 11.6 Å². The highest BCUT2D eigenvalue weighted by molar-refractivity contribution is 6.30. The topological polar surface area (TPSA) is 65.1 Å². The Kier molecular flexibility index (Phi) is 5.05. The third-order valence-corrected chi connectivity index (χ3v) is 7.22. The highest BCUT2D eigenvalue weighted by Gasteiger charge is 2.29. The second-order valence-electron chi connectivity index (χ2n) is 8.71. The van der Waals surface area contributed by atoms with Crippen LogP contribution < -0.4 is 5.56 Å². The van der Waals surface area contributed by atoms with Crippen LogP contribution in [0, 0.1) is 11.8 Å². The SMILES string of the molecule is CCc1nn2c(nnc3c(=O)n([C@@H]4CCC[C@@H](C)[C@H]4C)ccc32)c1-c1ccc(Cl)cc1. The van der Waals surface area contributed by atoms with Crippen LogP contribution in [0.25, 0.3) is 27.8 Å². The first kappa shape index (κ1) is 20.2. The Hall–Kier alpha value is -2.73. The van der Waals surface area contributed by atoms with Gasteiger partial charge in [-0.1, -0.05) is 57.3 Å². The van der Waals surface area contributed by atoms with Crippen molar-refractivity contribution < 1.29 is 0 Å². The van der Waals surface area contributed by atoms with E-state index in [0.29, 0.717) is 33.5 Å². The van der Waals surface area contributed by atoms with Crippen molar-refractivity contribution >= 4 is 28.3 Å². The largest absolute Gasteiger partial charge is 0.310 e. The molecule has 4 aromatic rings. The fraction of sp³-hybridized carbons (Fsp3) is 0.417. The molecule has 1 aliphatic rings. The first-order valence-corrected chi connectivity index (χ1v) is 11.4. The number of fused-ring (bicyclic) bond motifs is 3. The second kappa shape index (κ2) is 7.75. The van der Waals surface area contributed by atoms with E-state index in [1.807, 2.05) is 41.1 Å². The average Bonchev–Trinajstić information content (AvgIpc) is 3.16. The summed E-state index contributed by atoms with van der Waals surface area (Å²) in [7, 11) is 0. The minimum atomic E-state index is -0.0839. The number of halogens is 1. The van der Waals surface area contributed by atoms with Gasteiger partial charge < -0.3 is 4.57 Å². The molecule has 3 aromatic heterocycles. The zero-order chi connectivity index (χ0) is 21.7. The molecule has 1 aliphatic carbocycles. The lowest BCUT2D eigenvalue weighted by Crippen LogP contribution is -2.34. The third-order valence-electron chi connectivity index (χ3n) is 6.97. The molecule has 0 N–H and O–H groups in total. The van der Waals surface area contributed by atoms with Crippen molar-refractivity contribution in [3.8, 4) is 11.1 Å². The summed E-state index contributed by atoms with van der Waals surface area (Å²) in [5.74, 6) is 1.06. The highest BCUT2D eigenvalue weighted by atomic mass is 35.5. The predicted octanol–water partition coefficient (Wildman–Crippen LogP) is 5.32. The lowest BCUT2D eigenvalue weighted by atomic mass is 9.78. The summed E-state index contributed by atoms with van der Waals surface area (Å²) in [6.45, 7) is 6.59. The first-order valence-electron chi connectivity index (χ1n) is 11.0. The summed E-state index contributed by atoms with van der Waals surface area (Å²) in [6.07, 6.45) is 6.06. The average molecular weight is 436 g/mol. The van der Waals surface area contributed by atoms with Crippen molar-refractivity contribution in [2.75, 3.05) is 0 Å². The van der Waals surface area contributed by atoms with Crippen LogP contribution in [0.2, 0.25) is 5.02 Å². The number of pyridine rings is 1. The molecular weight excluding hydrogens is 410 g/mol. The van der Waals surface area contributed by atoms with Gasteiger partial charge in [0.05, 0.1) is 11.3 Å². The third kappa shape index (κ3) is 3.24. The van der Waals surface area contributed by atoms with E-state index in [4.69, 9.17) is 16.7 Å². The Bertz CT molecular complexity index is 1320. The minimum Gasteiger partial charge on any atom is -0.310 e. The maximum Gasteiger partial charge on any atom is 0.280 e. The molecule has 0 saturated heterocycles. The van der Waals surface area contributed by atoms with Crippen molar-refractivity contribution in [1.82, 2.24) is 24.4 Å². The molecule has 0 bridgehead atoms. The van der Waals surface area contributed by atoms with E-state index in [1.54, 1.807) is 4.52 Å². The first-order chi connectivity index (χ1) is 15.0. The van der Waals surface area contributed by atoms with E-state index in [1.165, 1.54) is 6.42 Å². The molecule has 31 heavy (non-hydrogen) atoms. The van der Waals surface area contributed by atoms with E-state index in [2.05, 4.69) is 31.0 Å². The molecule has 1 aromatic carbocycles. The quantitative estimate of drug-likeness (QED) is 0.437. The number of hydrogen-bond acceptors (Lipinski definition) is 4. The van der Waals surface area contributed by atoms with Gasteiger partial charge in [-0.05, 0) is 48.4 Å². The molecule has 160 valence electrons. The molecule has 3 heterocycles. The molecule has 1 fully saturated rings. The normalized spacial score (nSPS) is 21.7. The number of hydrogen-bond donors (Lipinski definition) is 0. The van der Waals surface area contributed by atoms with Crippen molar-refractivity contribution in [3.63, 3.8) is 0 Å². The molecule has 0 unspecified atom stereocenters. The molecule has 0 radical (unpaired) electrons. The van der Waals surface area contributed by atoms with Gasteiger partial charge in [0.25, 0.3) is 5.56 Å². The number of nitrogens with zero attached hydrogens (tertiary/aromatic N) is 5. The molecule has 3 atom stereocenters. The summed E-state index contributed by atoms with van der Waals surface area (Å²) in [5, 5.41) is 14.3. The number of aromatic nitrogens is 5. The van der Waals surface area contributed by atoms with Crippen LogP contribution in [0.1, 0.15) is 51.8 Å². The number of rotatable bonds is 3. The van der Waals surface area contributed by atoms with Crippen LogP contribution in [0.15, 0.2) is 41.3 Å². The summed E-state index contributed by atoms with van der Waals surface area (Å²) in [5.41, 5.74) is 4.48. The lowest BCUT2D eigenvalue weighted by molar-refractivity contribution is 0.183. The summed E-state index contributed by atoms with van der Waals surface area (Å²) >= 11 is 6.07. The van der Waals surface area contributed by atoms with Gasteiger partial charge >= 0.3 is 0 Å². The monoisotopic (exact) mass is 435 g/mol. The van der Waals surface area contributed by atoms with Crippen LogP contribution in [-0.4, -0.2) is 24.4 Å². The molecule has 1 saturated carbocycles. The van der Waals surface area contributed by atoms with Gasteiger partial charge in [-0.15, -0.1) is 10.2 Å². The van der Waals surface area contributed by atoms with Crippen molar-refractivity contribution in [2.45, 2.75) is 52.5 Å². The molecule has 0 spiro atoms. The predicted molar refractivity (Wildman–Crippen MR) is 124 cm³/mol. The van der Waals surface area contributed by atoms with E-state index < -0.39 is 0 Å². The zero-order valence-corrected chi connectivity index (χ0v) is 18.8. The smallest absolute Gasteiger partial charge is 0.280 e.